The minimum absolute atomic E-state index is 1.05. The minimum atomic E-state index is 1.05. The van der Waals surface area contributed by atoms with Crippen molar-refractivity contribution in [2.24, 2.45) is 0 Å². The van der Waals surface area contributed by atoms with E-state index in [1.807, 2.05) is 0 Å². The lowest BCUT2D eigenvalue weighted by Crippen LogP contribution is -2.23. The quantitative estimate of drug-likeness (QED) is 0.523. The molecule has 0 aromatic heterocycles. The van der Waals surface area contributed by atoms with Crippen LogP contribution in [0.3, 0.4) is 0 Å². The van der Waals surface area contributed by atoms with Crippen LogP contribution < -0.4 is 9.80 Å². The molecule has 0 aliphatic heterocycles. The molecular weight excluding hydrogens is 304 g/mol. The second-order valence-corrected chi connectivity index (χ2v) is 6.27. The average molecular weight is 337 g/mol. The van der Waals surface area contributed by atoms with Crippen LogP contribution in [0.5, 0.6) is 0 Å². The fourth-order valence-electron chi connectivity index (χ4n) is 3.11. The zero-order valence-corrected chi connectivity index (χ0v) is 16.2. The van der Waals surface area contributed by atoms with Crippen LogP contribution >= 0.6 is 0 Å². The highest BCUT2D eigenvalue weighted by Gasteiger charge is 2.02. The number of hydrogen-bond acceptors (Lipinski definition) is 2. The number of anilines is 2. The predicted octanol–water partition coefficient (Wildman–Crippen LogP) is 5.94. The fraction of sp³-hybridized carbons (Fsp3) is 0.391. The molecule has 0 aliphatic carbocycles. The van der Waals surface area contributed by atoms with Crippen molar-refractivity contribution < 1.29 is 0 Å². The molecule has 0 heterocycles. The van der Waals surface area contributed by atoms with E-state index in [0.717, 1.165) is 26.2 Å². The molecule has 0 saturated heterocycles. The molecule has 134 valence electrons. The van der Waals surface area contributed by atoms with Gasteiger partial charge in [-0.25, -0.2) is 0 Å². The van der Waals surface area contributed by atoms with Crippen molar-refractivity contribution in [3.63, 3.8) is 0 Å². The first-order valence-electron chi connectivity index (χ1n) is 9.59. The van der Waals surface area contributed by atoms with Gasteiger partial charge in [0, 0.05) is 37.6 Å². The lowest BCUT2D eigenvalue weighted by molar-refractivity contribution is 0.792. The molecule has 0 spiro atoms. The second-order valence-electron chi connectivity index (χ2n) is 6.27. The van der Waals surface area contributed by atoms with Crippen LogP contribution in [0.15, 0.2) is 48.5 Å². The maximum absolute atomic E-state index is 2.42. The van der Waals surface area contributed by atoms with Gasteiger partial charge in [0.25, 0.3) is 0 Å². The van der Waals surface area contributed by atoms with E-state index >= 15 is 0 Å². The van der Waals surface area contributed by atoms with Gasteiger partial charge in [0.2, 0.25) is 0 Å². The number of nitrogens with zero attached hydrogens (tertiary/aromatic N) is 2. The Labute approximate surface area is 153 Å². The Morgan fingerprint density at radius 3 is 1.36 bits per heavy atom. The normalized spacial score (nSPS) is 11.0. The first-order chi connectivity index (χ1) is 12.2. The summed E-state index contributed by atoms with van der Waals surface area (Å²) in [5.74, 6) is 0. The van der Waals surface area contributed by atoms with Crippen molar-refractivity contribution in [2.45, 2.75) is 34.1 Å². The van der Waals surface area contributed by atoms with Crippen LogP contribution in [0.1, 0.15) is 45.2 Å². The van der Waals surface area contributed by atoms with E-state index in [1.165, 1.54) is 28.9 Å². The first kappa shape index (κ1) is 19.1. The third-order valence-corrected chi connectivity index (χ3v) is 4.62. The monoisotopic (exact) mass is 336 g/mol. The zero-order valence-electron chi connectivity index (χ0n) is 16.2. The van der Waals surface area contributed by atoms with Gasteiger partial charge in [0.05, 0.1) is 0 Å². The maximum atomic E-state index is 2.42. The average Bonchev–Trinajstić information content (AvgIpc) is 2.67. The van der Waals surface area contributed by atoms with Gasteiger partial charge in [-0.15, -0.1) is 0 Å². The molecule has 25 heavy (non-hydrogen) atoms. The number of benzene rings is 2. The van der Waals surface area contributed by atoms with Crippen molar-refractivity contribution in [3.05, 3.63) is 59.7 Å². The summed E-state index contributed by atoms with van der Waals surface area (Å²) < 4.78 is 0. The Kier molecular flexibility index (Phi) is 7.59. The van der Waals surface area contributed by atoms with Gasteiger partial charge < -0.3 is 9.80 Å². The van der Waals surface area contributed by atoms with E-state index in [1.54, 1.807) is 0 Å². The molecule has 0 amide bonds. The molecule has 2 rings (SSSR count). The predicted molar refractivity (Wildman–Crippen MR) is 114 cm³/mol. The number of hydrogen-bond donors (Lipinski definition) is 0. The highest BCUT2D eigenvalue weighted by atomic mass is 15.1. The van der Waals surface area contributed by atoms with Crippen LogP contribution in [-0.4, -0.2) is 26.2 Å². The number of rotatable bonds is 9. The van der Waals surface area contributed by atoms with Crippen LogP contribution in [-0.2, 0) is 0 Å². The van der Waals surface area contributed by atoms with Gasteiger partial charge in [-0.2, -0.15) is 0 Å². The molecule has 2 aromatic carbocycles. The van der Waals surface area contributed by atoms with Crippen molar-refractivity contribution in [3.8, 4) is 0 Å². The molecule has 0 radical (unpaired) electrons. The van der Waals surface area contributed by atoms with Gasteiger partial charge in [-0.05, 0) is 62.6 Å². The Morgan fingerprint density at radius 2 is 1.00 bits per heavy atom. The Balaban J connectivity index is 2.04. The lowest BCUT2D eigenvalue weighted by Gasteiger charge is -2.22. The third-order valence-electron chi connectivity index (χ3n) is 4.62. The van der Waals surface area contributed by atoms with Crippen LogP contribution in [0.25, 0.3) is 12.2 Å². The van der Waals surface area contributed by atoms with Gasteiger partial charge in [-0.3, -0.25) is 0 Å². The molecule has 0 fully saturated rings. The summed E-state index contributed by atoms with van der Waals surface area (Å²) in [5, 5.41) is 0. The van der Waals surface area contributed by atoms with Gasteiger partial charge in [0.1, 0.15) is 0 Å². The first-order valence-corrected chi connectivity index (χ1v) is 9.59. The largest absolute Gasteiger partial charge is 0.372 e. The van der Waals surface area contributed by atoms with E-state index in [4.69, 9.17) is 0 Å². The summed E-state index contributed by atoms with van der Waals surface area (Å²) in [7, 11) is 0. The summed E-state index contributed by atoms with van der Waals surface area (Å²) in [6, 6.07) is 17.7. The van der Waals surface area contributed by atoms with Crippen molar-refractivity contribution in [2.75, 3.05) is 36.0 Å². The molecule has 2 heteroatoms. The van der Waals surface area contributed by atoms with Gasteiger partial charge >= 0.3 is 0 Å². The zero-order chi connectivity index (χ0) is 18.1. The molecule has 0 bridgehead atoms. The summed E-state index contributed by atoms with van der Waals surface area (Å²) >= 11 is 0. The van der Waals surface area contributed by atoms with E-state index in [-0.39, 0.29) is 0 Å². The molecule has 0 saturated carbocycles. The lowest BCUT2D eigenvalue weighted by atomic mass is 10.1. The van der Waals surface area contributed by atoms with E-state index in [9.17, 15) is 0 Å². The van der Waals surface area contributed by atoms with E-state index < -0.39 is 0 Å². The maximum Gasteiger partial charge on any atom is 0.0366 e. The summed E-state index contributed by atoms with van der Waals surface area (Å²) in [6.45, 7) is 13.1. The van der Waals surface area contributed by atoms with Crippen molar-refractivity contribution in [1.29, 1.82) is 0 Å². The summed E-state index contributed by atoms with van der Waals surface area (Å²) in [6.07, 6.45) is 5.55. The molecule has 0 aliphatic rings. The summed E-state index contributed by atoms with van der Waals surface area (Å²) in [4.78, 5) is 4.78. The Bertz CT molecular complexity index is 637. The Hall–Kier alpha value is -2.22. The molecule has 0 unspecified atom stereocenters. The molecule has 2 aromatic rings. The molecular formula is C23H32N2. The van der Waals surface area contributed by atoms with E-state index in [0.29, 0.717) is 0 Å². The smallest absolute Gasteiger partial charge is 0.0366 e. The third kappa shape index (κ3) is 5.38. The van der Waals surface area contributed by atoms with Crippen molar-refractivity contribution >= 4 is 23.5 Å². The van der Waals surface area contributed by atoms with Crippen LogP contribution in [0.4, 0.5) is 11.4 Å². The second kappa shape index (κ2) is 9.93. The van der Waals surface area contributed by atoms with E-state index in [2.05, 4.69) is 98.2 Å². The van der Waals surface area contributed by atoms with Gasteiger partial charge in [0.15, 0.2) is 0 Å². The molecule has 0 atom stereocenters. The fourth-order valence-corrected chi connectivity index (χ4v) is 3.11. The SMILES string of the molecule is CCCN(CC)c1ccc(/C=C/c2ccc(N(CC)CC)cc2)cc1. The van der Waals surface area contributed by atoms with Crippen LogP contribution in [0.2, 0.25) is 0 Å². The standard InChI is InChI=1S/C23H32N2/c1-5-19-25(8-4)23-17-13-21(14-18-23)10-9-20-11-15-22(16-12-20)24(6-2)7-3/h9-18H,5-8,19H2,1-4H3/b10-9+. The summed E-state index contributed by atoms with van der Waals surface area (Å²) in [5.41, 5.74) is 5.08. The topological polar surface area (TPSA) is 6.48 Å². The molecule has 2 nitrogen and oxygen atoms in total. The van der Waals surface area contributed by atoms with Crippen molar-refractivity contribution in [1.82, 2.24) is 0 Å². The Morgan fingerprint density at radius 1 is 0.600 bits per heavy atom. The highest BCUT2D eigenvalue weighted by molar-refractivity contribution is 5.71. The highest BCUT2D eigenvalue weighted by Crippen LogP contribution is 2.19. The minimum Gasteiger partial charge on any atom is -0.372 e. The molecule has 0 N–H and O–H groups in total. The van der Waals surface area contributed by atoms with Gasteiger partial charge in [-0.1, -0.05) is 43.3 Å². The van der Waals surface area contributed by atoms with Crippen LogP contribution in [0, 0.1) is 0 Å².